The van der Waals surface area contributed by atoms with Gasteiger partial charge in [0.2, 0.25) is 0 Å². The summed E-state index contributed by atoms with van der Waals surface area (Å²) in [6.07, 6.45) is 6.05. The quantitative estimate of drug-likeness (QED) is 0.475. The van der Waals surface area contributed by atoms with Gasteiger partial charge < -0.3 is 5.32 Å². The average molecular weight is 454 g/mol. The first kappa shape index (κ1) is 21.5. The van der Waals surface area contributed by atoms with E-state index in [1.165, 1.54) is 36.8 Å². The zero-order valence-corrected chi connectivity index (χ0v) is 18.0. The maximum absolute atomic E-state index is 13.2. The SMILES string of the molecule is CCC(NC(=O)c1nncc2c1cnn2-c1ccc(F)cc1)c1ccc(S(C)(=O)=O)nc1. The molecule has 0 spiro atoms. The molecule has 3 heterocycles. The van der Waals surface area contributed by atoms with Crippen molar-refractivity contribution >= 4 is 26.6 Å². The number of hydrogen-bond donors (Lipinski definition) is 1. The Morgan fingerprint density at radius 3 is 2.50 bits per heavy atom. The highest BCUT2D eigenvalue weighted by molar-refractivity contribution is 7.90. The molecule has 0 aliphatic heterocycles. The number of nitrogens with zero attached hydrogens (tertiary/aromatic N) is 5. The summed E-state index contributed by atoms with van der Waals surface area (Å²) in [5, 5.41) is 15.6. The van der Waals surface area contributed by atoms with Gasteiger partial charge in [-0.05, 0) is 42.3 Å². The molecule has 4 rings (SSSR count). The van der Waals surface area contributed by atoms with Gasteiger partial charge >= 0.3 is 0 Å². The predicted molar refractivity (Wildman–Crippen MR) is 114 cm³/mol. The molecule has 0 fully saturated rings. The first-order valence-corrected chi connectivity index (χ1v) is 11.6. The Morgan fingerprint density at radius 2 is 1.88 bits per heavy atom. The Balaban J connectivity index is 1.62. The van der Waals surface area contributed by atoms with Crippen LogP contribution in [0.1, 0.15) is 35.4 Å². The number of carbonyl (C=O) groups excluding carboxylic acids is 1. The number of hydrogen-bond acceptors (Lipinski definition) is 7. The summed E-state index contributed by atoms with van der Waals surface area (Å²) in [6, 6.07) is 8.40. The lowest BCUT2D eigenvalue weighted by Gasteiger charge is -2.17. The predicted octanol–water partition coefficient (Wildman–Crippen LogP) is 2.63. The molecule has 0 saturated carbocycles. The Labute approximate surface area is 183 Å². The van der Waals surface area contributed by atoms with Crippen molar-refractivity contribution in [2.45, 2.75) is 24.4 Å². The number of benzene rings is 1. The second kappa shape index (κ2) is 8.42. The van der Waals surface area contributed by atoms with Crippen molar-refractivity contribution in [3.63, 3.8) is 0 Å². The fourth-order valence-corrected chi connectivity index (χ4v) is 3.84. The van der Waals surface area contributed by atoms with Gasteiger partial charge in [0, 0.05) is 12.5 Å². The third-order valence-electron chi connectivity index (χ3n) is 4.94. The minimum Gasteiger partial charge on any atom is -0.344 e. The molecule has 0 radical (unpaired) electrons. The van der Waals surface area contributed by atoms with E-state index in [1.54, 1.807) is 22.9 Å². The number of carbonyl (C=O) groups is 1. The van der Waals surface area contributed by atoms with Crippen LogP contribution in [0.2, 0.25) is 0 Å². The number of fused-ring (bicyclic) bond motifs is 1. The second-order valence-corrected chi connectivity index (χ2v) is 9.12. The molecule has 1 atom stereocenters. The number of halogens is 1. The Bertz CT molecular complexity index is 1390. The molecule has 1 unspecified atom stereocenters. The minimum absolute atomic E-state index is 0.0359. The maximum atomic E-state index is 13.2. The Hall–Kier alpha value is -3.73. The van der Waals surface area contributed by atoms with E-state index < -0.39 is 21.8 Å². The molecule has 0 bridgehead atoms. The monoisotopic (exact) mass is 454 g/mol. The summed E-state index contributed by atoms with van der Waals surface area (Å²) in [5.41, 5.74) is 1.92. The lowest BCUT2D eigenvalue weighted by Crippen LogP contribution is -2.29. The second-order valence-electron chi connectivity index (χ2n) is 7.16. The first-order valence-electron chi connectivity index (χ1n) is 9.70. The van der Waals surface area contributed by atoms with Crippen LogP contribution in [0, 0.1) is 5.82 Å². The number of amides is 1. The molecule has 1 aromatic carbocycles. The summed E-state index contributed by atoms with van der Waals surface area (Å²) in [4.78, 5) is 17.0. The Morgan fingerprint density at radius 1 is 1.12 bits per heavy atom. The zero-order valence-electron chi connectivity index (χ0n) is 17.2. The van der Waals surface area contributed by atoms with Crippen LogP contribution in [0.15, 0.2) is 60.0 Å². The van der Waals surface area contributed by atoms with E-state index in [9.17, 15) is 17.6 Å². The fraction of sp³-hybridized carbons (Fsp3) is 0.190. The van der Waals surface area contributed by atoms with Gasteiger partial charge in [0.25, 0.3) is 5.91 Å². The first-order chi connectivity index (χ1) is 15.3. The molecular weight excluding hydrogens is 435 g/mol. The van der Waals surface area contributed by atoms with Crippen molar-refractivity contribution in [3.8, 4) is 5.69 Å². The molecule has 0 aliphatic carbocycles. The van der Waals surface area contributed by atoms with Crippen LogP contribution in [0.3, 0.4) is 0 Å². The summed E-state index contributed by atoms with van der Waals surface area (Å²) in [6.45, 7) is 1.88. The molecule has 1 N–H and O–H groups in total. The molecule has 1 amide bonds. The van der Waals surface area contributed by atoms with Gasteiger partial charge in [-0.25, -0.2) is 22.5 Å². The van der Waals surface area contributed by atoms with Gasteiger partial charge in [-0.1, -0.05) is 13.0 Å². The van der Waals surface area contributed by atoms with Crippen molar-refractivity contribution in [2.24, 2.45) is 0 Å². The third kappa shape index (κ3) is 4.19. The molecule has 0 aliphatic rings. The topological polar surface area (TPSA) is 120 Å². The normalized spacial score (nSPS) is 12.6. The summed E-state index contributed by atoms with van der Waals surface area (Å²) in [5.74, 6) is -0.824. The van der Waals surface area contributed by atoms with Crippen molar-refractivity contribution < 1.29 is 17.6 Å². The molecule has 3 aromatic heterocycles. The van der Waals surface area contributed by atoms with Crippen molar-refractivity contribution in [3.05, 3.63) is 72.1 Å². The van der Waals surface area contributed by atoms with Gasteiger partial charge in [-0.2, -0.15) is 10.2 Å². The van der Waals surface area contributed by atoms with Gasteiger partial charge in [-0.15, -0.1) is 5.10 Å². The van der Waals surface area contributed by atoms with Crippen LogP contribution in [-0.4, -0.2) is 45.5 Å². The van der Waals surface area contributed by atoms with Crippen molar-refractivity contribution in [1.29, 1.82) is 0 Å². The van der Waals surface area contributed by atoms with Gasteiger partial charge in [0.15, 0.2) is 20.6 Å². The Kier molecular flexibility index (Phi) is 5.66. The van der Waals surface area contributed by atoms with E-state index in [1.807, 2.05) is 6.92 Å². The third-order valence-corrected chi connectivity index (χ3v) is 5.94. The van der Waals surface area contributed by atoms with Crippen LogP contribution >= 0.6 is 0 Å². The number of pyridine rings is 1. The largest absolute Gasteiger partial charge is 0.344 e. The standard InChI is InChI=1S/C21H19FN6O3S/c1-3-17(13-4-9-19(23-10-13)32(2,30)31)26-21(29)20-16-11-25-28(18(16)12-24-27-20)15-7-5-14(22)6-8-15/h4-12,17H,3H2,1-2H3,(H,26,29). The smallest absolute Gasteiger partial charge is 0.273 e. The molecule has 11 heteroatoms. The fourth-order valence-electron chi connectivity index (χ4n) is 3.28. The van der Waals surface area contributed by atoms with E-state index in [0.29, 0.717) is 28.6 Å². The van der Waals surface area contributed by atoms with Crippen molar-refractivity contribution in [1.82, 2.24) is 30.3 Å². The number of aromatic nitrogens is 5. The van der Waals surface area contributed by atoms with Crippen LogP contribution in [0.25, 0.3) is 16.6 Å². The van der Waals surface area contributed by atoms with E-state index in [4.69, 9.17) is 0 Å². The lowest BCUT2D eigenvalue weighted by molar-refractivity contribution is 0.0931. The molecule has 9 nitrogen and oxygen atoms in total. The molecule has 0 saturated heterocycles. The summed E-state index contributed by atoms with van der Waals surface area (Å²) < 4.78 is 38.0. The average Bonchev–Trinajstić information content (AvgIpc) is 3.21. The van der Waals surface area contributed by atoms with Crippen LogP contribution in [0.4, 0.5) is 4.39 Å². The zero-order chi connectivity index (χ0) is 22.9. The van der Waals surface area contributed by atoms with Gasteiger partial charge in [-0.3, -0.25) is 4.79 Å². The molecule has 164 valence electrons. The number of rotatable bonds is 6. The van der Waals surface area contributed by atoms with Gasteiger partial charge in [0.05, 0.1) is 35.0 Å². The summed E-state index contributed by atoms with van der Waals surface area (Å²) >= 11 is 0. The van der Waals surface area contributed by atoms with Crippen LogP contribution in [-0.2, 0) is 9.84 Å². The molecule has 4 aromatic rings. The van der Waals surface area contributed by atoms with E-state index in [2.05, 4.69) is 25.6 Å². The van der Waals surface area contributed by atoms with Gasteiger partial charge in [0.1, 0.15) is 5.82 Å². The highest BCUT2D eigenvalue weighted by Gasteiger charge is 2.21. The maximum Gasteiger partial charge on any atom is 0.273 e. The molecule has 32 heavy (non-hydrogen) atoms. The minimum atomic E-state index is -3.41. The lowest BCUT2D eigenvalue weighted by atomic mass is 10.1. The highest BCUT2D eigenvalue weighted by Crippen LogP contribution is 2.22. The number of nitrogens with one attached hydrogen (secondary N) is 1. The van der Waals surface area contributed by atoms with E-state index in [-0.39, 0.29) is 16.5 Å². The van der Waals surface area contributed by atoms with Crippen LogP contribution < -0.4 is 5.32 Å². The van der Waals surface area contributed by atoms with Crippen LogP contribution in [0.5, 0.6) is 0 Å². The summed E-state index contributed by atoms with van der Waals surface area (Å²) in [7, 11) is -3.41. The van der Waals surface area contributed by atoms with Crippen molar-refractivity contribution in [2.75, 3.05) is 6.26 Å². The number of sulfone groups is 1. The molecular formula is C21H19FN6O3S. The van der Waals surface area contributed by atoms with E-state index in [0.717, 1.165) is 6.26 Å². The highest BCUT2D eigenvalue weighted by atomic mass is 32.2. The van der Waals surface area contributed by atoms with E-state index >= 15 is 0 Å².